The molecule has 2 N–H and O–H groups in total. The Hall–Kier alpha value is -2.58. The van der Waals surface area contributed by atoms with Crippen LogP contribution in [0.15, 0.2) is 24.3 Å². The topological polar surface area (TPSA) is 71.0 Å². The molecule has 2 aromatic carbocycles. The average molecular weight is 453 g/mol. The maximum absolute atomic E-state index is 14.3. The first kappa shape index (κ1) is 21.6. The minimum absolute atomic E-state index is 0.0276. The summed E-state index contributed by atoms with van der Waals surface area (Å²) in [6, 6.07) is 5.52. The second kappa shape index (κ2) is 8.51. The van der Waals surface area contributed by atoms with Gasteiger partial charge in [-0.3, -0.25) is 4.79 Å². The fourth-order valence-corrected chi connectivity index (χ4v) is 4.22. The van der Waals surface area contributed by atoms with Crippen LogP contribution < -0.4 is 19.7 Å². The maximum Gasteiger partial charge on any atom is 0.224 e. The third-order valence-corrected chi connectivity index (χ3v) is 6.15. The summed E-state index contributed by atoms with van der Waals surface area (Å²) in [7, 11) is 1.33. The van der Waals surface area contributed by atoms with Crippen LogP contribution in [0.2, 0.25) is 5.02 Å². The lowest BCUT2D eigenvalue weighted by atomic mass is 9.92. The van der Waals surface area contributed by atoms with Gasteiger partial charge in [0.2, 0.25) is 5.91 Å². The number of piperidine rings is 1. The lowest BCUT2D eigenvalue weighted by molar-refractivity contribution is -0.116. The minimum atomic E-state index is -1.10. The van der Waals surface area contributed by atoms with E-state index in [1.54, 1.807) is 17.0 Å². The van der Waals surface area contributed by atoms with Crippen LogP contribution in [-0.2, 0) is 11.2 Å². The van der Waals surface area contributed by atoms with Gasteiger partial charge in [0.05, 0.1) is 23.5 Å². The zero-order chi connectivity index (χ0) is 22.2. The van der Waals surface area contributed by atoms with E-state index >= 15 is 0 Å². The highest BCUT2D eigenvalue weighted by Gasteiger charge is 2.35. The summed E-state index contributed by atoms with van der Waals surface area (Å²) < 4.78 is 38.8. The molecule has 2 aromatic rings. The van der Waals surface area contributed by atoms with Crippen molar-refractivity contribution in [2.75, 3.05) is 37.0 Å². The van der Waals surface area contributed by atoms with E-state index in [0.29, 0.717) is 55.2 Å². The van der Waals surface area contributed by atoms with Crippen molar-refractivity contribution in [2.45, 2.75) is 31.3 Å². The molecule has 1 amide bonds. The van der Waals surface area contributed by atoms with Crippen molar-refractivity contribution in [1.29, 1.82) is 0 Å². The second-order valence-electron chi connectivity index (χ2n) is 7.89. The summed E-state index contributed by atoms with van der Waals surface area (Å²) in [5.74, 6) is -0.977. The number of halogens is 3. The number of ether oxygens (including phenoxy) is 2. The molecule has 0 radical (unpaired) electrons. The van der Waals surface area contributed by atoms with Crippen LogP contribution in [0, 0.1) is 11.6 Å². The number of anilines is 2. The number of carbonyl (C=O) groups is 1. The number of rotatable bonds is 5. The largest absolute Gasteiger partial charge is 0.494 e. The molecule has 0 aliphatic carbocycles. The number of hydrogen-bond acceptors (Lipinski definition) is 5. The highest BCUT2D eigenvalue weighted by molar-refractivity contribution is 6.34. The first-order valence-corrected chi connectivity index (χ1v) is 10.4. The number of hydrogen-bond donors (Lipinski definition) is 2. The van der Waals surface area contributed by atoms with Gasteiger partial charge in [-0.1, -0.05) is 11.6 Å². The normalized spacial score (nSPS) is 17.7. The molecule has 2 heterocycles. The number of benzene rings is 2. The van der Waals surface area contributed by atoms with Crippen LogP contribution >= 0.6 is 11.6 Å². The van der Waals surface area contributed by atoms with Crippen LogP contribution in [0.1, 0.15) is 24.8 Å². The Morgan fingerprint density at radius 1 is 1.16 bits per heavy atom. The number of methoxy groups -OCH3 is 1. The Morgan fingerprint density at radius 3 is 2.61 bits per heavy atom. The highest BCUT2D eigenvalue weighted by atomic mass is 35.5. The third-order valence-electron chi connectivity index (χ3n) is 5.84. The predicted molar refractivity (Wildman–Crippen MR) is 113 cm³/mol. The van der Waals surface area contributed by atoms with E-state index < -0.39 is 17.2 Å². The van der Waals surface area contributed by atoms with Crippen molar-refractivity contribution in [1.82, 2.24) is 0 Å². The quantitative estimate of drug-likeness (QED) is 0.719. The van der Waals surface area contributed by atoms with Gasteiger partial charge in [0, 0.05) is 37.2 Å². The van der Waals surface area contributed by atoms with Crippen molar-refractivity contribution >= 4 is 28.9 Å². The highest BCUT2D eigenvalue weighted by Crippen LogP contribution is 2.38. The fraction of sp³-hybridized carbons (Fsp3) is 0.409. The van der Waals surface area contributed by atoms with Crippen molar-refractivity contribution in [3.63, 3.8) is 0 Å². The summed E-state index contributed by atoms with van der Waals surface area (Å²) >= 11 is 6.19. The molecule has 2 aliphatic rings. The number of amides is 1. The van der Waals surface area contributed by atoms with E-state index in [4.69, 9.17) is 21.1 Å². The molecule has 9 heteroatoms. The molecule has 0 atom stereocenters. The zero-order valence-electron chi connectivity index (χ0n) is 17.0. The van der Waals surface area contributed by atoms with E-state index in [9.17, 15) is 18.7 Å². The van der Waals surface area contributed by atoms with E-state index in [-0.39, 0.29) is 24.0 Å². The fourth-order valence-electron chi connectivity index (χ4n) is 4.00. The predicted octanol–water partition coefficient (Wildman–Crippen LogP) is 3.92. The molecule has 0 bridgehead atoms. The maximum atomic E-state index is 14.3. The molecule has 0 unspecified atom stereocenters. The van der Waals surface area contributed by atoms with E-state index in [1.807, 2.05) is 0 Å². The number of fused-ring (bicyclic) bond motifs is 1. The van der Waals surface area contributed by atoms with Gasteiger partial charge in [0.25, 0.3) is 0 Å². The van der Waals surface area contributed by atoms with Crippen molar-refractivity contribution in [3.05, 3.63) is 46.5 Å². The first-order chi connectivity index (χ1) is 14.8. The minimum Gasteiger partial charge on any atom is -0.494 e. The van der Waals surface area contributed by atoms with E-state index in [2.05, 4.69) is 5.32 Å². The Bertz CT molecular complexity index is 1010. The molecule has 166 valence electrons. The van der Waals surface area contributed by atoms with Gasteiger partial charge in [-0.2, -0.15) is 0 Å². The Kier molecular flexibility index (Phi) is 5.94. The van der Waals surface area contributed by atoms with Crippen LogP contribution in [0.25, 0.3) is 0 Å². The second-order valence-corrected chi connectivity index (χ2v) is 8.29. The molecule has 31 heavy (non-hydrogen) atoms. The molecule has 1 fully saturated rings. The van der Waals surface area contributed by atoms with Gasteiger partial charge in [-0.05, 0) is 31.4 Å². The summed E-state index contributed by atoms with van der Waals surface area (Å²) in [6.07, 6.45) is 1.54. The van der Waals surface area contributed by atoms with Crippen molar-refractivity contribution < 1.29 is 28.2 Å². The van der Waals surface area contributed by atoms with Gasteiger partial charge >= 0.3 is 0 Å². The van der Waals surface area contributed by atoms with Crippen LogP contribution in [-0.4, -0.2) is 43.4 Å². The van der Waals surface area contributed by atoms with Gasteiger partial charge < -0.3 is 24.8 Å². The lowest BCUT2D eigenvalue weighted by Crippen LogP contribution is -2.48. The molecule has 4 rings (SSSR count). The Labute approximate surface area is 183 Å². The Morgan fingerprint density at radius 2 is 1.90 bits per heavy atom. The number of nitrogens with one attached hydrogen (secondary N) is 1. The molecule has 2 aliphatic heterocycles. The van der Waals surface area contributed by atoms with Gasteiger partial charge in [0.1, 0.15) is 23.8 Å². The summed E-state index contributed by atoms with van der Waals surface area (Å²) in [4.78, 5) is 13.4. The van der Waals surface area contributed by atoms with Crippen LogP contribution in [0.4, 0.5) is 20.2 Å². The van der Waals surface area contributed by atoms with Gasteiger partial charge in [0.15, 0.2) is 11.6 Å². The molecule has 0 saturated carbocycles. The zero-order valence-corrected chi connectivity index (χ0v) is 17.8. The lowest BCUT2D eigenvalue weighted by Gasteiger charge is -2.39. The van der Waals surface area contributed by atoms with Gasteiger partial charge in [-0.15, -0.1) is 0 Å². The van der Waals surface area contributed by atoms with E-state index in [1.165, 1.54) is 13.2 Å². The summed E-state index contributed by atoms with van der Waals surface area (Å²) in [6.45, 7) is 0.804. The number of carbonyl (C=O) groups excluding carboxylic acids is 1. The smallest absolute Gasteiger partial charge is 0.224 e. The summed E-state index contributed by atoms with van der Waals surface area (Å²) in [5.41, 5.74) is 0.511. The number of nitrogens with zero attached hydrogens (tertiary/aromatic N) is 1. The monoisotopic (exact) mass is 452 g/mol. The molecule has 6 nitrogen and oxygen atoms in total. The van der Waals surface area contributed by atoms with Crippen LogP contribution in [0.5, 0.6) is 11.5 Å². The molecule has 0 aromatic heterocycles. The molecular weight excluding hydrogens is 430 g/mol. The van der Waals surface area contributed by atoms with Crippen molar-refractivity contribution in [3.8, 4) is 11.5 Å². The average Bonchev–Trinajstić information content (AvgIpc) is 2.75. The summed E-state index contributed by atoms with van der Waals surface area (Å²) in [5, 5.41) is 14.2. The molecule has 0 spiro atoms. The SMILES string of the molecule is COc1cc(N2CCC(O)(COc3ccc(Cl)c4c3CCC(=O)N4)CC2)c(F)cc1F. The van der Waals surface area contributed by atoms with Gasteiger partial charge in [-0.25, -0.2) is 8.78 Å². The Balaban J connectivity index is 1.42. The molecule has 1 saturated heterocycles. The third kappa shape index (κ3) is 4.41. The standard InChI is InChI=1S/C22H23ClF2N2O4/c1-30-19-11-17(15(24)10-16(19)25)27-8-6-22(29,7-9-27)12-31-18-4-3-14(23)21-13(18)2-5-20(28)26-21/h3-4,10-11,29H,2,5-9,12H2,1H3,(H,26,28). The number of aliphatic hydroxyl groups is 1. The van der Waals surface area contributed by atoms with Crippen molar-refractivity contribution in [2.24, 2.45) is 0 Å². The molecular formula is C22H23ClF2N2O4. The van der Waals surface area contributed by atoms with E-state index in [0.717, 1.165) is 11.6 Å². The van der Waals surface area contributed by atoms with Crippen LogP contribution in [0.3, 0.4) is 0 Å². The first-order valence-electron chi connectivity index (χ1n) is 10.0.